The zero-order valence-electron chi connectivity index (χ0n) is 16.6. The molecule has 0 unspecified atom stereocenters. The zero-order chi connectivity index (χ0) is 19.9. The topological polar surface area (TPSA) is 25.2 Å². The van der Waals surface area contributed by atoms with E-state index in [2.05, 4.69) is 76.9 Å². The lowest BCUT2D eigenvalue weighted by Crippen LogP contribution is -2.32. The van der Waals surface area contributed by atoms with Gasteiger partial charge in [-0.05, 0) is 60.9 Å². The molecule has 3 nitrogen and oxygen atoms in total. The lowest BCUT2D eigenvalue weighted by Gasteiger charge is -2.24. The first-order valence-electron chi connectivity index (χ1n) is 9.82. The average Bonchev–Trinajstić information content (AvgIpc) is 3.13. The van der Waals surface area contributed by atoms with Crippen molar-refractivity contribution in [1.29, 1.82) is 0 Å². The molecule has 3 aromatic rings. The Morgan fingerprint density at radius 2 is 1.79 bits per heavy atom. The first-order valence-corrected chi connectivity index (χ1v) is 10.6. The van der Waals surface area contributed by atoms with E-state index in [4.69, 9.17) is 0 Å². The fourth-order valence-corrected chi connectivity index (χ4v) is 3.55. The van der Waals surface area contributed by atoms with Crippen LogP contribution in [0.4, 0.5) is 0 Å². The standard InChI is InChI=1S/C24H27BrN2O/c1-3-4-15-27(24(28)20-11-13-22(25)14-12-20)18-23-10-7-16-26(23)17-21-9-6-5-8-19(21)2/h5-14,16H,3-4,15,17-18H2,1-2H3. The molecule has 0 bridgehead atoms. The lowest BCUT2D eigenvalue weighted by molar-refractivity contribution is 0.0737. The Hall–Kier alpha value is -2.33. The van der Waals surface area contributed by atoms with Crippen LogP contribution in [-0.2, 0) is 13.1 Å². The molecule has 0 fully saturated rings. The normalized spacial score (nSPS) is 10.8. The van der Waals surface area contributed by atoms with E-state index in [1.54, 1.807) is 0 Å². The van der Waals surface area contributed by atoms with Gasteiger partial charge in [0.1, 0.15) is 0 Å². The number of benzene rings is 2. The zero-order valence-corrected chi connectivity index (χ0v) is 18.2. The van der Waals surface area contributed by atoms with Crippen molar-refractivity contribution >= 4 is 21.8 Å². The molecular formula is C24H27BrN2O. The predicted octanol–water partition coefficient (Wildman–Crippen LogP) is 6.05. The summed E-state index contributed by atoms with van der Waals surface area (Å²) in [6.45, 7) is 6.50. The third kappa shape index (κ3) is 5.14. The highest BCUT2D eigenvalue weighted by atomic mass is 79.9. The van der Waals surface area contributed by atoms with Gasteiger partial charge >= 0.3 is 0 Å². The Morgan fingerprint density at radius 1 is 1.04 bits per heavy atom. The van der Waals surface area contributed by atoms with Crippen molar-refractivity contribution in [2.45, 2.75) is 39.8 Å². The highest BCUT2D eigenvalue weighted by molar-refractivity contribution is 9.10. The van der Waals surface area contributed by atoms with E-state index >= 15 is 0 Å². The highest BCUT2D eigenvalue weighted by Gasteiger charge is 2.17. The molecule has 2 aromatic carbocycles. The summed E-state index contributed by atoms with van der Waals surface area (Å²) >= 11 is 3.44. The first-order chi connectivity index (χ1) is 13.6. The number of carbonyl (C=O) groups is 1. The molecule has 0 radical (unpaired) electrons. The van der Waals surface area contributed by atoms with Crippen molar-refractivity contribution in [3.05, 3.63) is 93.7 Å². The van der Waals surface area contributed by atoms with E-state index in [1.165, 1.54) is 11.1 Å². The average molecular weight is 439 g/mol. The maximum absolute atomic E-state index is 13.1. The number of unbranched alkanes of at least 4 members (excludes halogenated alkanes) is 1. The van der Waals surface area contributed by atoms with Gasteiger partial charge in [0.25, 0.3) is 5.91 Å². The minimum atomic E-state index is 0.0876. The Balaban J connectivity index is 1.80. The maximum Gasteiger partial charge on any atom is 0.254 e. The second-order valence-corrected chi connectivity index (χ2v) is 8.06. The molecule has 1 amide bonds. The highest BCUT2D eigenvalue weighted by Crippen LogP contribution is 2.17. The monoisotopic (exact) mass is 438 g/mol. The molecule has 1 aromatic heterocycles. The van der Waals surface area contributed by atoms with Gasteiger partial charge in [0.05, 0.1) is 6.54 Å². The van der Waals surface area contributed by atoms with Crippen LogP contribution in [0.2, 0.25) is 0 Å². The first kappa shape index (κ1) is 20.4. The van der Waals surface area contributed by atoms with Crippen LogP contribution in [0.15, 0.2) is 71.3 Å². The van der Waals surface area contributed by atoms with E-state index in [0.717, 1.165) is 41.7 Å². The third-order valence-corrected chi connectivity index (χ3v) is 5.57. The summed E-state index contributed by atoms with van der Waals surface area (Å²) in [4.78, 5) is 15.1. The van der Waals surface area contributed by atoms with Gasteiger partial charge in [-0.15, -0.1) is 0 Å². The molecule has 0 atom stereocenters. The van der Waals surface area contributed by atoms with Crippen LogP contribution >= 0.6 is 15.9 Å². The second kappa shape index (κ2) is 9.74. The van der Waals surface area contributed by atoms with Crippen molar-refractivity contribution in [3.8, 4) is 0 Å². The van der Waals surface area contributed by atoms with Crippen LogP contribution < -0.4 is 0 Å². The molecule has 4 heteroatoms. The number of nitrogens with zero attached hydrogens (tertiary/aromatic N) is 2. The SMILES string of the molecule is CCCCN(Cc1cccn1Cc1ccccc1C)C(=O)c1ccc(Br)cc1. The van der Waals surface area contributed by atoms with E-state index < -0.39 is 0 Å². The van der Waals surface area contributed by atoms with E-state index in [0.29, 0.717) is 6.54 Å². The van der Waals surface area contributed by atoms with E-state index in [9.17, 15) is 4.79 Å². The number of aromatic nitrogens is 1. The summed E-state index contributed by atoms with van der Waals surface area (Å²) in [5.41, 5.74) is 4.48. The second-order valence-electron chi connectivity index (χ2n) is 7.14. The molecule has 0 spiro atoms. The largest absolute Gasteiger partial charge is 0.345 e. The smallest absolute Gasteiger partial charge is 0.254 e. The minimum absolute atomic E-state index is 0.0876. The Morgan fingerprint density at radius 3 is 2.50 bits per heavy atom. The number of hydrogen-bond donors (Lipinski definition) is 0. The van der Waals surface area contributed by atoms with Crippen LogP contribution in [-0.4, -0.2) is 21.9 Å². The molecule has 1 heterocycles. The summed E-state index contributed by atoms with van der Waals surface area (Å²) in [5.74, 6) is 0.0876. The Labute approximate surface area is 176 Å². The van der Waals surface area contributed by atoms with Gasteiger partial charge in [-0.1, -0.05) is 53.5 Å². The summed E-state index contributed by atoms with van der Waals surface area (Å²) < 4.78 is 3.23. The van der Waals surface area contributed by atoms with Crippen molar-refractivity contribution in [1.82, 2.24) is 9.47 Å². The molecule has 0 saturated carbocycles. The molecule has 3 rings (SSSR count). The molecule has 146 valence electrons. The van der Waals surface area contributed by atoms with Crippen LogP contribution in [0.1, 0.15) is 46.9 Å². The molecule has 0 saturated heterocycles. The molecular weight excluding hydrogens is 412 g/mol. The quantitative estimate of drug-likeness (QED) is 0.420. The van der Waals surface area contributed by atoms with Crippen LogP contribution in [0.5, 0.6) is 0 Å². The molecule has 0 N–H and O–H groups in total. The van der Waals surface area contributed by atoms with E-state index in [1.807, 2.05) is 29.2 Å². The molecule has 28 heavy (non-hydrogen) atoms. The molecule has 0 aliphatic rings. The maximum atomic E-state index is 13.1. The van der Waals surface area contributed by atoms with Gasteiger partial charge < -0.3 is 9.47 Å². The van der Waals surface area contributed by atoms with Gasteiger partial charge in [-0.25, -0.2) is 0 Å². The number of hydrogen-bond acceptors (Lipinski definition) is 1. The number of amides is 1. The summed E-state index contributed by atoms with van der Waals surface area (Å²) in [6, 6.07) is 20.3. The van der Waals surface area contributed by atoms with Crippen molar-refractivity contribution in [2.75, 3.05) is 6.54 Å². The minimum Gasteiger partial charge on any atom is -0.345 e. The fourth-order valence-electron chi connectivity index (χ4n) is 3.29. The summed E-state index contributed by atoms with van der Waals surface area (Å²) in [7, 11) is 0. The Kier molecular flexibility index (Phi) is 7.10. The molecule has 0 aliphatic carbocycles. The van der Waals surface area contributed by atoms with Gasteiger partial charge in [0.15, 0.2) is 0 Å². The van der Waals surface area contributed by atoms with Gasteiger partial charge in [0.2, 0.25) is 0 Å². The van der Waals surface area contributed by atoms with Gasteiger partial charge in [0, 0.05) is 35.0 Å². The van der Waals surface area contributed by atoms with Crippen molar-refractivity contribution < 1.29 is 4.79 Å². The fraction of sp³-hybridized carbons (Fsp3) is 0.292. The molecule has 0 aliphatic heterocycles. The lowest BCUT2D eigenvalue weighted by atomic mass is 10.1. The van der Waals surface area contributed by atoms with Gasteiger partial charge in [-0.3, -0.25) is 4.79 Å². The van der Waals surface area contributed by atoms with Crippen molar-refractivity contribution in [3.63, 3.8) is 0 Å². The van der Waals surface area contributed by atoms with Crippen LogP contribution in [0.3, 0.4) is 0 Å². The van der Waals surface area contributed by atoms with Gasteiger partial charge in [-0.2, -0.15) is 0 Å². The van der Waals surface area contributed by atoms with E-state index in [-0.39, 0.29) is 5.91 Å². The Bertz CT molecular complexity index is 914. The predicted molar refractivity (Wildman–Crippen MR) is 119 cm³/mol. The summed E-state index contributed by atoms with van der Waals surface area (Å²) in [5, 5.41) is 0. The van der Waals surface area contributed by atoms with Crippen LogP contribution in [0, 0.1) is 6.92 Å². The number of carbonyl (C=O) groups excluding carboxylic acids is 1. The third-order valence-electron chi connectivity index (χ3n) is 5.04. The number of halogens is 1. The van der Waals surface area contributed by atoms with Crippen molar-refractivity contribution in [2.24, 2.45) is 0 Å². The van der Waals surface area contributed by atoms with Crippen LogP contribution in [0.25, 0.3) is 0 Å². The summed E-state index contributed by atoms with van der Waals surface area (Å²) in [6.07, 6.45) is 4.17. The number of rotatable bonds is 8. The number of aryl methyl sites for hydroxylation is 1.